The molecular weight excluding hydrogens is 294 g/mol. The van der Waals surface area contributed by atoms with Gasteiger partial charge in [-0.25, -0.2) is 0 Å². The quantitative estimate of drug-likeness (QED) is 0.625. The summed E-state index contributed by atoms with van der Waals surface area (Å²) in [5, 5.41) is 3.64. The standard InChI is InChI=1S/C15H16ClNO2S/c16-12-3-6-14(7-4-12)20-11-9-17-15(18)8-5-13-2-1-10-19-13/h1-4,6-7,10H,5,8-9,11H2,(H,17,18). The first-order valence-corrected chi connectivity index (χ1v) is 7.78. The second kappa shape index (κ2) is 8.02. The van der Waals surface area contributed by atoms with Crippen molar-refractivity contribution >= 4 is 29.3 Å². The monoisotopic (exact) mass is 309 g/mol. The second-order valence-corrected chi connectivity index (χ2v) is 5.84. The summed E-state index contributed by atoms with van der Waals surface area (Å²) in [6.45, 7) is 0.657. The summed E-state index contributed by atoms with van der Waals surface area (Å²) < 4.78 is 5.18. The van der Waals surface area contributed by atoms with Crippen LogP contribution in [0.3, 0.4) is 0 Å². The lowest BCUT2D eigenvalue weighted by Gasteiger charge is -2.05. The van der Waals surface area contributed by atoms with Crippen molar-refractivity contribution in [1.29, 1.82) is 0 Å². The summed E-state index contributed by atoms with van der Waals surface area (Å²) in [5.74, 6) is 1.74. The molecule has 20 heavy (non-hydrogen) atoms. The highest BCUT2D eigenvalue weighted by Gasteiger charge is 2.03. The summed E-state index contributed by atoms with van der Waals surface area (Å²) >= 11 is 7.51. The molecule has 0 spiro atoms. The van der Waals surface area contributed by atoms with Gasteiger partial charge in [-0.1, -0.05) is 11.6 Å². The molecule has 0 bridgehead atoms. The predicted octanol–water partition coefficient (Wildman–Crippen LogP) is 3.77. The van der Waals surface area contributed by atoms with E-state index < -0.39 is 0 Å². The van der Waals surface area contributed by atoms with Crippen LogP contribution in [0.2, 0.25) is 5.02 Å². The van der Waals surface area contributed by atoms with E-state index in [1.807, 2.05) is 36.4 Å². The first-order chi connectivity index (χ1) is 9.74. The number of aryl methyl sites for hydroxylation is 1. The van der Waals surface area contributed by atoms with Crippen LogP contribution in [0, 0.1) is 0 Å². The third-order valence-electron chi connectivity index (χ3n) is 2.69. The van der Waals surface area contributed by atoms with Gasteiger partial charge in [-0.3, -0.25) is 4.79 Å². The minimum Gasteiger partial charge on any atom is -0.469 e. The third kappa shape index (κ3) is 5.31. The van der Waals surface area contributed by atoms with Crippen LogP contribution in [0.1, 0.15) is 12.2 Å². The molecule has 106 valence electrons. The van der Waals surface area contributed by atoms with Crippen molar-refractivity contribution in [3.63, 3.8) is 0 Å². The predicted molar refractivity (Wildman–Crippen MR) is 82.2 cm³/mol. The van der Waals surface area contributed by atoms with E-state index in [-0.39, 0.29) is 5.91 Å². The van der Waals surface area contributed by atoms with Crippen molar-refractivity contribution in [2.24, 2.45) is 0 Å². The lowest BCUT2D eigenvalue weighted by molar-refractivity contribution is -0.121. The molecule has 1 N–H and O–H groups in total. The number of furan rings is 1. The number of carbonyl (C=O) groups is 1. The fourth-order valence-electron chi connectivity index (χ4n) is 1.67. The van der Waals surface area contributed by atoms with E-state index in [4.69, 9.17) is 16.0 Å². The minimum atomic E-state index is 0.0538. The van der Waals surface area contributed by atoms with Crippen LogP contribution in [0.15, 0.2) is 52.0 Å². The fraction of sp³-hybridized carbons (Fsp3) is 0.267. The number of thioether (sulfide) groups is 1. The smallest absolute Gasteiger partial charge is 0.220 e. The molecule has 0 saturated carbocycles. The van der Waals surface area contributed by atoms with Gasteiger partial charge in [-0.2, -0.15) is 0 Å². The van der Waals surface area contributed by atoms with Gasteiger partial charge in [-0.15, -0.1) is 11.8 Å². The summed E-state index contributed by atoms with van der Waals surface area (Å²) in [5.41, 5.74) is 0. The van der Waals surface area contributed by atoms with E-state index in [1.165, 1.54) is 0 Å². The number of hydrogen-bond donors (Lipinski definition) is 1. The van der Waals surface area contributed by atoms with Crippen LogP contribution >= 0.6 is 23.4 Å². The lowest BCUT2D eigenvalue weighted by atomic mass is 10.2. The van der Waals surface area contributed by atoms with Crippen molar-refractivity contribution < 1.29 is 9.21 Å². The normalized spacial score (nSPS) is 10.4. The van der Waals surface area contributed by atoms with E-state index in [1.54, 1.807) is 18.0 Å². The molecule has 3 nitrogen and oxygen atoms in total. The first kappa shape index (κ1) is 15.0. The van der Waals surface area contributed by atoms with Crippen LogP contribution in [0.4, 0.5) is 0 Å². The van der Waals surface area contributed by atoms with Crippen molar-refractivity contribution in [3.05, 3.63) is 53.4 Å². The fourth-order valence-corrected chi connectivity index (χ4v) is 2.56. The number of hydrogen-bond acceptors (Lipinski definition) is 3. The van der Waals surface area contributed by atoms with Gasteiger partial charge in [0.25, 0.3) is 0 Å². The Kier molecular flexibility index (Phi) is 6.02. The Bertz CT molecular complexity index is 525. The van der Waals surface area contributed by atoms with Gasteiger partial charge >= 0.3 is 0 Å². The van der Waals surface area contributed by atoms with Crippen LogP contribution < -0.4 is 5.32 Å². The number of nitrogens with one attached hydrogen (secondary N) is 1. The maximum Gasteiger partial charge on any atom is 0.220 e. The molecule has 0 atom stereocenters. The van der Waals surface area contributed by atoms with E-state index in [0.29, 0.717) is 19.4 Å². The molecule has 5 heteroatoms. The van der Waals surface area contributed by atoms with Crippen LogP contribution in [-0.4, -0.2) is 18.2 Å². The molecular formula is C15H16ClNO2S. The van der Waals surface area contributed by atoms with Crippen molar-refractivity contribution in [2.75, 3.05) is 12.3 Å². The Morgan fingerprint density at radius 3 is 2.75 bits per heavy atom. The molecule has 0 unspecified atom stereocenters. The number of halogens is 1. The van der Waals surface area contributed by atoms with Gasteiger partial charge in [-0.05, 0) is 36.4 Å². The van der Waals surface area contributed by atoms with Crippen LogP contribution in [0.5, 0.6) is 0 Å². The first-order valence-electron chi connectivity index (χ1n) is 6.41. The molecule has 0 fully saturated rings. The van der Waals surface area contributed by atoms with Crippen molar-refractivity contribution in [2.45, 2.75) is 17.7 Å². The molecule has 0 aliphatic heterocycles. The third-order valence-corrected chi connectivity index (χ3v) is 3.95. The Morgan fingerprint density at radius 1 is 1.25 bits per heavy atom. The Hall–Kier alpha value is -1.39. The Morgan fingerprint density at radius 2 is 2.05 bits per heavy atom. The molecule has 0 saturated heterocycles. The maximum atomic E-state index is 11.6. The van der Waals surface area contributed by atoms with Gasteiger partial charge in [0.2, 0.25) is 5.91 Å². The lowest BCUT2D eigenvalue weighted by Crippen LogP contribution is -2.25. The zero-order chi connectivity index (χ0) is 14.2. The highest BCUT2D eigenvalue weighted by molar-refractivity contribution is 7.99. The van der Waals surface area contributed by atoms with Crippen LogP contribution in [0.25, 0.3) is 0 Å². The second-order valence-electron chi connectivity index (χ2n) is 4.23. The Balaban J connectivity index is 1.58. The number of benzene rings is 1. The summed E-state index contributed by atoms with van der Waals surface area (Å²) in [4.78, 5) is 12.8. The van der Waals surface area contributed by atoms with E-state index in [0.717, 1.165) is 21.4 Å². The molecule has 0 aliphatic carbocycles. The van der Waals surface area contributed by atoms with Gasteiger partial charge in [0.05, 0.1) is 6.26 Å². The molecule has 0 aliphatic rings. The number of amides is 1. The molecule has 0 radical (unpaired) electrons. The van der Waals surface area contributed by atoms with Gasteiger partial charge in [0.1, 0.15) is 5.76 Å². The molecule has 1 amide bonds. The van der Waals surface area contributed by atoms with Gasteiger partial charge in [0, 0.05) is 35.1 Å². The molecule has 1 aromatic heterocycles. The average molecular weight is 310 g/mol. The van der Waals surface area contributed by atoms with Gasteiger partial charge < -0.3 is 9.73 Å². The summed E-state index contributed by atoms with van der Waals surface area (Å²) in [7, 11) is 0. The van der Waals surface area contributed by atoms with E-state index in [2.05, 4.69) is 5.32 Å². The molecule has 1 aromatic carbocycles. The van der Waals surface area contributed by atoms with Crippen molar-refractivity contribution in [1.82, 2.24) is 5.32 Å². The van der Waals surface area contributed by atoms with Crippen LogP contribution in [-0.2, 0) is 11.2 Å². The minimum absolute atomic E-state index is 0.0538. The zero-order valence-electron chi connectivity index (χ0n) is 11.0. The molecule has 2 rings (SSSR count). The highest BCUT2D eigenvalue weighted by atomic mass is 35.5. The summed E-state index contributed by atoms with van der Waals surface area (Å²) in [6.07, 6.45) is 2.72. The Labute approximate surface area is 127 Å². The molecule has 2 aromatic rings. The maximum absolute atomic E-state index is 11.6. The SMILES string of the molecule is O=C(CCc1ccco1)NCCSc1ccc(Cl)cc1. The average Bonchev–Trinajstić information content (AvgIpc) is 2.96. The van der Waals surface area contributed by atoms with E-state index in [9.17, 15) is 4.79 Å². The van der Waals surface area contributed by atoms with E-state index >= 15 is 0 Å². The van der Waals surface area contributed by atoms with Crippen molar-refractivity contribution in [3.8, 4) is 0 Å². The topological polar surface area (TPSA) is 42.2 Å². The highest BCUT2D eigenvalue weighted by Crippen LogP contribution is 2.19. The van der Waals surface area contributed by atoms with Gasteiger partial charge in [0.15, 0.2) is 0 Å². The largest absolute Gasteiger partial charge is 0.469 e. The number of carbonyl (C=O) groups excluding carboxylic acids is 1. The zero-order valence-corrected chi connectivity index (χ0v) is 12.5. The summed E-state index contributed by atoms with van der Waals surface area (Å²) in [6, 6.07) is 11.4. The number of rotatable bonds is 7. The molecule has 1 heterocycles.